The minimum Gasteiger partial charge on any atom is -0.366 e. The highest BCUT2D eigenvalue weighted by molar-refractivity contribution is 6.35. The van der Waals surface area contributed by atoms with E-state index in [0.717, 1.165) is 32.1 Å². The molecule has 2 aliphatic heterocycles. The number of rotatable bonds is 8. The molecule has 0 aromatic heterocycles. The topological polar surface area (TPSA) is 83.8 Å². The van der Waals surface area contributed by atoms with Gasteiger partial charge in [-0.05, 0) is 54.9 Å². The molecule has 1 fully saturated rings. The van der Waals surface area contributed by atoms with Crippen LogP contribution in [-0.4, -0.2) is 46.2 Å². The van der Waals surface area contributed by atoms with Gasteiger partial charge in [0, 0.05) is 31.8 Å². The number of likely N-dealkylation sites (tertiary alicyclic amines) is 1. The lowest BCUT2D eigenvalue weighted by Gasteiger charge is -2.34. The quantitative estimate of drug-likeness (QED) is 0.340. The number of nitro benzene ring substituents is 1. The van der Waals surface area contributed by atoms with E-state index in [9.17, 15) is 19.7 Å². The van der Waals surface area contributed by atoms with Gasteiger partial charge in [0.1, 0.15) is 5.70 Å². The second-order valence-electron chi connectivity index (χ2n) is 8.76. The summed E-state index contributed by atoms with van der Waals surface area (Å²) in [6, 6.07) is 16.3. The fourth-order valence-electron chi connectivity index (χ4n) is 4.69. The van der Waals surface area contributed by atoms with E-state index in [2.05, 4.69) is 24.3 Å². The third-order valence-corrected chi connectivity index (χ3v) is 6.54. The van der Waals surface area contributed by atoms with Crippen LogP contribution in [-0.2, 0) is 16.0 Å². The van der Waals surface area contributed by atoms with Crippen molar-refractivity contribution >= 4 is 23.1 Å². The highest BCUT2D eigenvalue weighted by atomic mass is 16.6. The zero-order valence-corrected chi connectivity index (χ0v) is 18.9. The number of carbonyl (C=O) groups excluding carboxylic acids is 2. The van der Waals surface area contributed by atoms with E-state index in [1.807, 2.05) is 17.9 Å². The average Bonchev–Trinajstić information content (AvgIpc) is 3.08. The Hall–Kier alpha value is -3.48. The molecule has 2 aliphatic rings. The summed E-state index contributed by atoms with van der Waals surface area (Å²) in [6.45, 7) is 3.83. The van der Waals surface area contributed by atoms with E-state index in [4.69, 9.17) is 0 Å². The van der Waals surface area contributed by atoms with Gasteiger partial charge in [0.05, 0.1) is 10.5 Å². The summed E-state index contributed by atoms with van der Waals surface area (Å²) in [5.74, 6) is -0.0116. The summed E-state index contributed by atoms with van der Waals surface area (Å²) in [5.41, 5.74) is 2.65. The number of piperidine rings is 1. The molecule has 0 saturated carbocycles. The summed E-state index contributed by atoms with van der Waals surface area (Å²) >= 11 is 0. The van der Waals surface area contributed by atoms with E-state index < -0.39 is 4.92 Å². The van der Waals surface area contributed by atoms with Gasteiger partial charge in [0.15, 0.2) is 0 Å². The molecule has 0 N–H and O–H groups in total. The van der Waals surface area contributed by atoms with E-state index in [-0.39, 0.29) is 17.5 Å². The second-order valence-corrected chi connectivity index (χ2v) is 8.76. The molecular weight excluding hydrogens is 418 g/mol. The van der Waals surface area contributed by atoms with Crippen molar-refractivity contribution in [3.8, 4) is 0 Å². The van der Waals surface area contributed by atoms with Crippen LogP contribution in [0.25, 0.3) is 5.57 Å². The van der Waals surface area contributed by atoms with E-state index in [1.165, 1.54) is 22.6 Å². The van der Waals surface area contributed by atoms with Gasteiger partial charge < -0.3 is 4.90 Å². The van der Waals surface area contributed by atoms with Crippen LogP contribution in [0.1, 0.15) is 43.7 Å². The number of nitrogens with zero attached hydrogens (tertiary/aromatic N) is 3. The van der Waals surface area contributed by atoms with Crippen molar-refractivity contribution in [1.29, 1.82) is 0 Å². The Balaban J connectivity index is 1.58. The lowest BCUT2D eigenvalue weighted by Crippen LogP contribution is -2.39. The van der Waals surface area contributed by atoms with Gasteiger partial charge in [-0.1, -0.05) is 43.7 Å². The highest BCUT2D eigenvalue weighted by Crippen LogP contribution is 2.35. The van der Waals surface area contributed by atoms with Crippen molar-refractivity contribution in [3.63, 3.8) is 0 Å². The molecule has 0 spiro atoms. The molecule has 172 valence electrons. The lowest BCUT2D eigenvalue weighted by atomic mass is 9.89. The van der Waals surface area contributed by atoms with Gasteiger partial charge in [-0.15, -0.1) is 0 Å². The Morgan fingerprint density at radius 3 is 2.24 bits per heavy atom. The number of non-ortho nitro benzene ring substituents is 1. The van der Waals surface area contributed by atoms with Crippen LogP contribution in [0.5, 0.6) is 0 Å². The molecule has 0 radical (unpaired) electrons. The minimum absolute atomic E-state index is 0.0396. The third-order valence-electron chi connectivity index (χ3n) is 6.54. The van der Waals surface area contributed by atoms with Crippen LogP contribution >= 0.6 is 0 Å². The van der Waals surface area contributed by atoms with Crippen LogP contribution < -0.4 is 0 Å². The maximum absolute atomic E-state index is 13.3. The Morgan fingerprint density at radius 2 is 1.64 bits per heavy atom. The standard InChI is InChI=1S/C26H29N3O4/c1-2-3-15-28-25(30)23(21-9-11-22(12-10-21)29(32)33)24(26(28)31)27-16-13-20(14-17-27)18-19-7-5-4-6-8-19/h4-12,20H,2-3,13-18H2,1H3. The average molecular weight is 448 g/mol. The van der Waals surface area contributed by atoms with Crippen LogP contribution in [0, 0.1) is 16.0 Å². The summed E-state index contributed by atoms with van der Waals surface area (Å²) < 4.78 is 0. The minimum atomic E-state index is -0.467. The van der Waals surface area contributed by atoms with Gasteiger partial charge >= 0.3 is 0 Å². The molecule has 2 aromatic carbocycles. The molecule has 7 nitrogen and oxygen atoms in total. The molecular formula is C26H29N3O4. The molecule has 0 bridgehead atoms. The Morgan fingerprint density at radius 1 is 0.970 bits per heavy atom. The zero-order chi connectivity index (χ0) is 23.4. The molecule has 2 amide bonds. The molecule has 33 heavy (non-hydrogen) atoms. The van der Waals surface area contributed by atoms with Crippen LogP contribution in [0.2, 0.25) is 0 Å². The number of hydrogen-bond acceptors (Lipinski definition) is 5. The first-order valence-electron chi connectivity index (χ1n) is 11.6. The third kappa shape index (κ3) is 4.82. The summed E-state index contributed by atoms with van der Waals surface area (Å²) in [7, 11) is 0. The van der Waals surface area contributed by atoms with Crippen molar-refractivity contribution in [2.24, 2.45) is 5.92 Å². The molecule has 1 saturated heterocycles. The summed E-state index contributed by atoms with van der Waals surface area (Å²) in [5, 5.41) is 11.0. The number of amides is 2. The number of imide groups is 1. The SMILES string of the molecule is CCCCN1C(=O)C(c2ccc([N+](=O)[O-])cc2)=C(N2CCC(Cc3ccccc3)CC2)C1=O. The molecule has 2 aromatic rings. The maximum Gasteiger partial charge on any atom is 0.277 e. The van der Waals surface area contributed by atoms with Gasteiger partial charge in [0.2, 0.25) is 0 Å². The van der Waals surface area contributed by atoms with Crippen LogP contribution in [0.4, 0.5) is 5.69 Å². The first-order chi connectivity index (χ1) is 16.0. The number of nitro groups is 1. The fraction of sp³-hybridized carbons (Fsp3) is 0.385. The molecule has 0 aliphatic carbocycles. The first kappa shape index (κ1) is 22.7. The largest absolute Gasteiger partial charge is 0.366 e. The highest BCUT2D eigenvalue weighted by Gasteiger charge is 2.42. The predicted molar refractivity (Wildman–Crippen MR) is 126 cm³/mol. The molecule has 4 rings (SSSR count). The second kappa shape index (κ2) is 9.98. The monoisotopic (exact) mass is 447 g/mol. The van der Waals surface area contributed by atoms with Gasteiger partial charge in [0.25, 0.3) is 17.5 Å². The smallest absolute Gasteiger partial charge is 0.277 e. The van der Waals surface area contributed by atoms with Crippen molar-refractivity contribution in [1.82, 2.24) is 9.80 Å². The molecule has 0 unspecified atom stereocenters. The Kier molecular flexibility index (Phi) is 6.87. The van der Waals surface area contributed by atoms with E-state index in [0.29, 0.717) is 42.4 Å². The van der Waals surface area contributed by atoms with E-state index in [1.54, 1.807) is 12.1 Å². The zero-order valence-electron chi connectivity index (χ0n) is 18.9. The van der Waals surface area contributed by atoms with E-state index >= 15 is 0 Å². The van der Waals surface area contributed by atoms with Crippen molar-refractivity contribution < 1.29 is 14.5 Å². The van der Waals surface area contributed by atoms with Crippen LogP contribution in [0.15, 0.2) is 60.3 Å². The molecule has 2 heterocycles. The normalized spacial score (nSPS) is 17.2. The number of unbranched alkanes of at least 4 members (excludes halogenated alkanes) is 1. The fourth-order valence-corrected chi connectivity index (χ4v) is 4.69. The molecule has 0 atom stereocenters. The summed E-state index contributed by atoms with van der Waals surface area (Å²) in [4.78, 5) is 40.6. The van der Waals surface area contributed by atoms with Gasteiger partial charge in [-0.25, -0.2) is 0 Å². The van der Waals surface area contributed by atoms with Gasteiger partial charge in [-0.3, -0.25) is 24.6 Å². The number of hydrogen-bond donors (Lipinski definition) is 0. The Bertz CT molecular complexity index is 1050. The lowest BCUT2D eigenvalue weighted by molar-refractivity contribution is -0.384. The first-order valence-corrected chi connectivity index (χ1v) is 11.6. The van der Waals surface area contributed by atoms with Crippen molar-refractivity contribution in [2.75, 3.05) is 19.6 Å². The van der Waals surface area contributed by atoms with Crippen molar-refractivity contribution in [3.05, 3.63) is 81.5 Å². The van der Waals surface area contributed by atoms with Gasteiger partial charge in [-0.2, -0.15) is 0 Å². The maximum atomic E-state index is 13.3. The van der Waals surface area contributed by atoms with Crippen LogP contribution in [0.3, 0.4) is 0 Å². The number of benzene rings is 2. The Labute approximate surface area is 193 Å². The number of carbonyl (C=O) groups is 2. The summed E-state index contributed by atoms with van der Waals surface area (Å²) in [6.07, 6.45) is 4.53. The van der Waals surface area contributed by atoms with Crippen molar-refractivity contribution in [2.45, 2.75) is 39.0 Å². The predicted octanol–water partition coefficient (Wildman–Crippen LogP) is 4.43. The molecule has 7 heteroatoms.